The minimum absolute atomic E-state index is 0.255. The van der Waals surface area contributed by atoms with Crippen LogP contribution in [0.3, 0.4) is 0 Å². The fourth-order valence-corrected chi connectivity index (χ4v) is 2.30. The Morgan fingerprint density at radius 3 is 2.12 bits per heavy atom. The summed E-state index contributed by atoms with van der Waals surface area (Å²) < 4.78 is 77.4. The molecule has 0 saturated heterocycles. The lowest BCUT2D eigenvalue weighted by Crippen LogP contribution is -2.45. The quantitative estimate of drug-likeness (QED) is 0.354. The van der Waals surface area contributed by atoms with E-state index in [1.807, 2.05) is 0 Å². The molecule has 6 N–H and O–H groups in total. The van der Waals surface area contributed by atoms with Gasteiger partial charge in [-0.25, -0.2) is 0 Å². The molecule has 0 radical (unpaired) electrons. The van der Waals surface area contributed by atoms with Crippen molar-refractivity contribution in [3.05, 3.63) is 46.7 Å². The fraction of sp³-hybridized carbons (Fsp3) is 0.286. The molecule has 24 heavy (non-hydrogen) atoms. The van der Waals surface area contributed by atoms with E-state index in [1.165, 1.54) is 0 Å². The molecule has 10 heteroatoms. The number of hydrogen-bond acceptors (Lipinski definition) is 4. The third-order valence-electron chi connectivity index (χ3n) is 3.48. The number of aliphatic hydroxyl groups excluding tert-OH is 1. The third kappa shape index (κ3) is 3.34. The predicted octanol–water partition coefficient (Wildman–Crippen LogP) is 3.10. The van der Waals surface area contributed by atoms with E-state index in [0.29, 0.717) is 12.1 Å². The van der Waals surface area contributed by atoms with E-state index >= 15 is 0 Å². The number of hydrogen-bond donors (Lipinski definition) is 4. The van der Waals surface area contributed by atoms with Gasteiger partial charge in [0.2, 0.25) is 0 Å². The Balaban J connectivity index is 2.61. The lowest BCUT2D eigenvalue weighted by molar-refractivity contribution is -0.136. The Hall–Kier alpha value is -2.20. The molecule has 0 amide bonds. The molecule has 132 valence electrons. The van der Waals surface area contributed by atoms with E-state index in [0.717, 1.165) is 12.1 Å². The average Bonchev–Trinajstić information content (AvgIpc) is 2.39. The van der Waals surface area contributed by atoms with Crippen molar-refractivity contribution in [3.8, 4) is 0 Å². The molecule has 1 aliphatic carbocycles. The van der Waals surface area contributed by atoms with Crippen molar-refractivity contribution in [2.45, 2.75) is 24.5 Å². The molecule has 1 aromatic carbocycles. The second-order valence-electron chi connectivity index (χ2n) is 5.33. The molecule has 2 rings (SSSR count). The van der Waals surface area contributed by atoms with Crippen molar-refractivity contribution >= 4 is 11.3 Å². The van der Waals surface area contributed by atoms with Gasteiger partial charge < -0.3 is 15.9 Å². The summed E-state index contributed by atoms with van der Waals surface area (Å²) in [5.41, 5.74) is 3.70. The van der Waals surface area contributed by atoms with Crippen molar-refractivity contribution in [2.24, 2.45) is 5.73 Å². The summed E-state index contributed by atoms with van der Waals surface area (Å²) in [5, 5.41) is 19.2. The first-order valence-electron chi connectivity index (χ1n) is 6.43. The monoisotopic (exact) mass is 354 g/mol. The molecule has 0 saturated carbocycles. The zero-order chi connectivity index (χ0) is 18.5. The SMILES string of the molecule is Nc1ccc(C2=CC(C(F)(F)F)=C(O)C(N)(O)C2)cc1C(F)(F)F. The van der Waals surface area contributed by atoms with Gasteiger partial charge in [0.15, 0.2) is 11.5 Å². The summed E-state index contributed by atoms with van der Waals surface area (Å²) in [6, 6.07) is 2.52. The number of halogens is 6. The van der Waals surface area contributed by atoms with Crippen LogP contribution in [0.5, 0.6) is 0 Å². The molecule has 1 atom stereocenters. The van der Waals surface area contributed by atoms with Crippen LogP contribution in [-0.4, -0.2) is 22.1 Å². The van der Waals surface area contributed by atoms with E-state index < -0.39 is 47.1 Å². The number of nitrogen functional groups attached to an aromatic ring is 1. The van der Waals surface area contributed by atoms with Crippen molar-refractivity contribution in [1.29, 1.82) is 0 Å². The van der Waals surface area contributed by atoms with Gasteiger partial charge in [-0.05, 0) is 29.3 Å². The van der Waals surface area contributed by atoms with Gasteiger partial charge in [0.25, 0.3) is 0 Å². The van der Waals surface area contributed by atoms with Gasteiger partial charge in [0, 0.05) is 12.1 Å². The summed E-state index contributed by atoms with van der Waals surface area (Å²) in [6.07, 6.45) is -10.1. The zero-order valence-electron chi connectivity index (χ0n) is 11.8. The van der Waals surface area contributed by atoms with Crippen LogP contribution in [0.15, 0.2) is 35.6 Å². The second-order valence-corrected chi connectivity index (χ2v) is 5.33. The number of rotatable bonds is 1. The summed E-state index contributed by atoms with van der Waals surface area (Å²) in [7, 11) is 0. The van der Waals surface area contributed by atoms with Gasteiger partial charge in [-0.3, -0.25) is 5.73 Å². The topological polar surface area (TPSA) is 92.5 Å². The van der Waals surface area contributed by atoms with Crippen molar-refractivity contribution in [1.82, 2.24) is 0 Å². The largest absolute Gasteiger partial charge is 0.507 e. The minimum Gasteiger partial charge on any atom is -0.507 e. The Morgan fingerprint density at radius 2 is 1.62 bits per heavy atom. The Morgan fingerprint density at radius 1 is 1.04 bits per heavy atom. The normalized spacial score (nSPS) is 22.6. The molecule has 0 heterocycles. The number of aliphatic hydroxyl groups is 2. The highest BCUT2D eigenvalue weighted by Gasteiger charge is 2.45. The molecule has 4 nitrogen and oxygen atoms in total. The highest BCUT2D eigenvalue weighted by molar-refractivity contribution is 5.74. The Bertz CT molecular complexity index is 732. The van der Waals surface area contributed by atoms with Crippen molar-refractivity contribution < 1.29 is 36.6 Å². The fourth-order valence-electron chi connectivity index (χ4n) is 2.30. The van der Waals surface area contributed by atoms with Crippen LogP contribution < -0.4 is 11.5 Å². The molecule has 0 aromatic heterocycles. The highest BCUT2D eigenvalue weighted by Crippen LogP contribution is 2.42. The van der Waals surface area contributed by atoms with Crippen molar-refractivity contribution in [2.75, 3.05) is 5.73 Å². The van der Waals surface area contributed by atoms with E-state index in [1.54, 1.807) is 0 Å². The smallest absolute Gasteiger partial charge is 0.419 e. The first kappa shape index (κ1) is 18.1. The molecule has 1 unspecified atom stereocenters. The lowest BCUT2D eigenvalue weighted by Gasteiger charge is -2.30. The zero-order valence-corrected chi connectivity index (χ0v) is 11.8. The molecule has 1 aliphatic rings. The van der Waals surface area contributed by atoms with Gasteiger partial charge >= 0.3 is 12.4 Å². The number of allylic oxidation sites excluding steroid dienone is 2. The highest BCUT2D eigenvalue weighted by atomic mass is 19.4. The van der Waals surface area contributed by atoms with Crippen LogP contribution >= 0.6 is 0 Å². The molecule has 1 aromatic rings. The summed E-state index contributed by atoms with van der Waals surface area (Å²) >= 11 is 0. The van der Waals surface area contributed by atoms with Gasteiger partial charge in [-0.1, -0.05) is 6.07 Å². The lowest BCUT2D eigenvalue weighted by atomic mass is 9.86. The molecule has 0 spiro atoms. The maximum absolute atomic E-state index is 12.9. The maximum atomic E-state index is 12.9. The van der Waals surface area contributed by atoms with Gasteiger partial charge in [-0.15, -0.1) is 0 Å². The van der Waals surface area contributed by atoms with E-state index in [-0.39, 0.29) is 11.1 Å². The standard InChI is InChI=1S/C14H12F6N2O2/c15-13(16,17)8-3-6(1-2-10(8)21)7-4-9(14(18,19)20)11(23)12(22,24)5-7/h1-4,23-24H,5,21-22H2. The molecule has 0 aliphatic heterocycles. The number of benzene rings is 1. The first-order valence-corrected chi connectivity index (χ1v) is 6.43. The maximum Gasteiger partial charge on any atom is 0.419 e. The third-order valence-corrected chi connectivity index (χ3v) is 3.48. The number of anilines is 1. The number of alkyl halides is 6. The predicted molar refractivity (Wildman–Crippen MR) is 73.3 cm³/mol. The Labute approximate surface area is 131 Å². The van der Waals surface area contributed by atoms with E-state index in [2.05, 4.69) is 0 Å². The van der Waals surface area contributed by atoms with Gasteiger partial charge in [0.1, 0.15) is 0 Å². The molecule has 0 fully saturated rings. The first-order chi connectivity index (χ1) is 10.7. The Kier molecular flexibility index (Phi) is 4.09. The molecular weight excluding hydrogens is 342 g/mol. The van der Waals surface area contributed by atoms with Crippen LogP contribution in [0.4, 0.5) is 32.0 Å². The molecule has 0 bridgehead atoms. The number of nitrogens with two attached hydrogens (primary N) is 2. The second kappa shape index (κ2) is 5.42. The summed E-state index contributed by atoms with van der Waals surface area (Å²) in [5.74, 6) is -1.50. The van der Waals surface area contributed by atoms with Gasteiger partial charge in [0.05, 0.1) is 11.1 Å². The van der Waals surface area contributed by atoms with E-state index in [9.17, 15) is 36.6 Å². The van der Waals surface area contributed by atoms with Crippen LogP contribution in [0, 0.1) is 0 Å². The van der Waals surface area contributed by atoms with Crippen LogP contribution in [0.1, 0.15) is 17.5 Å². The average molecular weight is 354 g/mol. The molecular formula is C14H12F6N2O2. The van der Waals surface area contributed by atoms with Crippen molar-refractivity contribution in [3.63, 3.8) is 0 Å². The summed E-state index contributed by atoms with van der Waals surface area (Å²) in [6.45, 7) is 0. The van der Waals surface area contributed by atoms with Gasteiger partial charge in [-0.2, -0.15) is 26.3 Å². The van der Waals surface area contributed by atoms with Crippen LogP contribution in [0.2, 0.25) is 0 Å². The van der Waals surface area contributed by atoms with E-state index in [4.69, 9.17) is 11.5 Å². The van der Waals surface area contributed by atoms with Crippen LogP contribution in [0.25, 0.3) is 5.57 Å². The minimum atomic E-state index is -5.05. The summed E-state index contributed by atoms with van der Waals surface area (Å²) in [4.78, 5) is 0. The van der Waals surface area contributed by atoms with Crippen LogP contribution in [-0.2, 0) is 6.18 Å².